The molecule has 2 aromatic carbocycles. The summed E-state index contributed by atoms with van der Waals surface area (Å²) in [7, 11) is 4.71. The third-order valence-corrected chi connectivity index (χ3v) is 3.60. The van der Waals surface area contributed by atoms with Gasteiger partial charge in [-0.3, -0.25) is 4.79 Å². The van der Waals surface area contributed by atoms with E-state index in [-0.39, 0.29) is 11.5 Å². The van der Waals surface area contributed by atoms with Crippen molar-refractivity contribution in [2.45, 2.75) is 0 Å². The Morgan fingerprint density at radius 3 is 2.30 bits per heavy atom. The number of carbonyl (C=O) groups is 1. The topological polar surface area (TPSA) is 54.0 Å². The maximum atomic E-state index is 12.4. The second kappa shape index (κ2) is 6.04. The van der Waals surface area contributed by atoms with Gasteiger partial charge in [-0.05, 0) is 30.3 Å². The average molecular weight is 312 g/mol. The zero-order chi connectivity index (χ0) is 16.4. The smallest absolute Gasteiger partial charge is 0.231 e. The number of allylic oxidation sites excluding steroid dienone is 1. The maximum absolute atomic E-state index is 12.4. The summed E-state index contributed by atoms with van der Waals surface area (Å²) < 4.78 is 21.3. The molecule has 0 fully saturated rings. The molecule has 0 bridgehead atoms. The minimum Gasteiger partial charge on any atom is -0.497 e. The number of benzene rings is 2. The van der Waals surface area contributed by atoms with Crippen LogP contribution in [-0.2, 0) is 0 Å². The Balaban J connectivity index is 1.97. The van der Waals surface area contributed by atoms with Crippen molar-refractivity contribution in [3.05, 3.63) is 53.3 Å². The summed E-state index contributed by atoms with van der Waals surface area (Å²) in [5.41, 5.74) is 1.25. The Hall–Kier alpha value is -2.95. The van der Waals surface area contributed by atoms with Crippen LogP contribution in [0.4, 0.5) is 0 Å². The molecule has 23 heavy (non-hydrogen) atoms. The lowest BCUT2D eigenvalue weighted by Crippen LogP contribution is -1.99. The molecule has 0 N–H and O–H groups in total. The van der Waals surface area contributed by atoms with E-state index >= 15 is 0 Å². The van der Waals surface area contributed by atoms with Crippen molar-refractivity contribution < 1.29 is 23.7 Å². The van der Waals surface area contributed by atoms with Gasteiger partial charge in [0.25, 0.3) is 0 Å². The summed E-state index contributed by atoms with van der Waals surface area (Å²) in [6.45, 7) is 0. The molecule has 0 radical (unpaired) electrons. The Labute approximate surface area is 134 Å². The van der Waals surface area contributed by atoms with E-state index in [0.717, 1.165) is 5.56 Å². The molecule has 1 aliphatic heterocycles. The van der Waals surface area contributed by atoms with Crippen LogP contribution in [0.1, 0.15) is 15.9 Å². The number of hydrogen-bond donors (Lipinski definition) is 0. The van der Waals surface area contributed by atoms with Gasteiger partial charge in [-0.2, -0.15) is 0 Å². The SMILES string of the molecule is COc1ccc(/C=C2/Oc3cc(OC)ccc3C2=O)c(OC)c1. The van der Waals surface area contributed by atoms with E-state index in [4.69, 9.17) is 18.9 Å². The normalized spacial score (nSPS) is 14.4. The van der Waals surface area contributed by atoms with E-state index < -0.39 is 0 Å². The monoisotopic (exact) mass is 312 g/mol. The fourth-order valence-corrected chi connectivity index (χ4v) is 2.37. The molecule has 1 aliphatic rings. The van der Waals surface area contributed by atoms with E-state index in [1.165, 1.54) is 0 Å². The molecule has 0 spiro atoms. The summed E-state index contributed by atoms with van der Waals surface area (Å²) in [5, 5.41) is 0. The van der Waals surface area contributed by atoms with Gasteiger partial charge in [-0.1, -0.05) is 0 Å². The summed E-state index contributed by atoms with van der Waals surface area (Å²) in [6, 6.07) is 10.5. The van der Waals surface area contributed by atoms with Crippen LogP contribution in [0, 0.1) is 0 Å². The highest BCUT2D eigenvalue weighted by molar-refractivity contribution is 6.14. The standard InChI is InChI=1S/C18H16O5/c1-20-12-5-4-11(15(9-12)22-3)8-17-18(19)14-7-6-13(21-2)10-16(14)23-17/h4-10H,1-3H3/b17-8+. The Kier molecular flexibility index (Phi) is 3.93. The molecule has 0 aromatic heterocycles. The van der Waals surface area contributed by atoms with Crippen LogP contribution in [0.5, 0.6) is 23.0 Å². The van der Waals surface area contributed by atoms with Crippen molar-refractivity contribution in [2.24, 2.45) is 0 Å². The summed E-state index contributed by atoms with van der Waals surface area (Å²) >= 11 is 0. The summed E-state index contributed by atoms with van der Waals surface area (Å²) in [4.78, 5) is 12.4. The van der Waals surface area contributed by atoms with E-state index in [2.05, 4.69) is 0 Å². The number of ether oxygens (including phenoxy) is 4. The third kappa shape index (κ3) is 2.73. The Morgan fingerprint density at radius 2 is 1.61 bits per heavy atom. The Bertz CT molecular complexity index is 792. The van der Waals surface area contributed by atoms with E-state index in [0.29, 0.717) is 28.6 Å². The number of Topliss-reactive ketones (excluding diaryl/α,β-unsaturated/α-hetero) is 1. The first-order chi connectivity index (χ1) is 11.2. The predicted molar refractivity (Wildman–Crippen MR) is 85.5 cm³/mol. The van der Waals surface area contributed by atoms with Crippen molar-refractivity contribution in [1.29, 1.82) is 0 Å². The average Bonchev–Trinajstić information content (AvgIpc) is 2.90. The van der Waals surface area contributed by atoms with Gasteiger partial charge in [0.2, 0.25) is 5.78 Å². The van der Waals surface area contributed by atoms with Gasteiger partial charge in [0.1, 0.15) is 23.0 Å². The number of fused-ring (bicyclic) bond motifs is 1. The van der Waals surface area contributed by atoms with E-state index in [1.807, 2.05) is 6.07 Å². The zero-order valence-corrected chi connectivity index (χ0v) is 13.1. The number of carbonyl (C=O) groups excluding carboxylic acids is 1. The van der Waals surface area contributed by atoms with Crippen LogP contribution in [0.15, 0.2) is 42.2 Å². The number of hydrogen-bond acceptors (Lipinski definition) is 5. The van der Waals surface area contributed by atoms with Crippen LogP contribution in [0.2, 0.25) is 0 Å². The molecule has 3 rings (SSSR count). The lowest BCUT2D eigenvalue weighted by Gasteiger charge is -2.08. The molecular formula is C18H16O5. The molecule has 1 heterocycles. The molecule has 0 amide bonds. The van der Waals surface area contributed by atoms with E-state index in [1.54, 1.807) is 57.7 Å². The molecule has 0 saturated heterocycles. The molecule has 0 unspecified atom stereocenters. The van der Waals surface area contributed by atoms with Gasteiger partial charge >= 0.3 is 0 Å². The first-order valence-electron chi connectivity index (χ1n) is 7.00. The molecule has 0 saturated carbocycles. The first-order valence-corrected chi connectivity index (χ1v) is 7.00. The van der Waals surface area contributed by atoms with Crippen LogP contribution in [0.25, 0.3) is 6.08 Å². The number of ketones is 1. The third-order valence-electron chi connectivity index (χ3n) is 3.60. The molecule has 2 aromatic rings. The Morgan fingerprint density at radius 1 is 0.913 bits per heavy atom. The predicted octanol–water partition coefficient (Wildman–Crippen LogP) is 3.33. The lowest BCUT2D eigenvalue weighted by molar-refractivity contribution is 0.101. The first kappa shape index (κ1) is 15.0. The fourth-order valence-electron chi connectivity index (χ4n) is 2.37. The molecule has 5 heteroatoms. The van der Waals surface area contributed by atoms with Crippen molar-refractivity contribution in [1.82, 2.24) is 0 Å². The van der Waals surface area contributed by atoms with Gasteiger partial charge in [0.15, 0.2) is 5.76 Å². The van der Waals surface area contributed by atoms with Crippen molar-refractivity contribution in [3.63, 3.8) is 0 Å². The molecular weight excluding hydrogens is 296 g/mol. The van der Waals surface area contributed by atoms with Gasteiger partial charge in [0, 0.05) is 17.7 Å². The minimum absolute atomic E-state index is 0.166. The number of rotatable bonds is 4. The second-order valence-electron chi connectivity index (χ2n) is 4.91. The van der Waals surface area contributed by atoms with E-state index in [9.17, 15) is 4.79 Å². The number of methoxy groups -OCH3 is 3. The molecule has 0 atom stereocenters. The summed E-state index contributed by atoms with van der Waals surface area (Å²) in [5.74, 6) is 2.49. The highest BCUT2D eigenvalue weighted by Crippen LogP contribution is 2.36. The summed E-state index contributed by atoms with van der Waals surface area (Å²) in [6.07, 6.45) is 1.66. The van der Waals surface area contributed by atoms with Crippen molar-refractivity contribution in [3.8, 4) is 23.0 Å². The fraction of sp³-hybridized carbons (Fsp3) is 0.167. The zero-order valence-electron chi connectivity index (χ0n) is 13.1. The quantitative estimate of drug-likeness (QED) is 0.811. The van der Waals surface area contributed by atoms with Crippen LogP contribution >= 0.6 is 0 Å². The second-order valence-corrected chi connectivity index (χ2v) is 4.91. The van der Waals surface area contributed by atoms with Crippen molar-refractivity contribution in [2.75, 3.05) is 21.3 Å². The van der Waals surface area contributed by atoms with Crippen molar-refractivity contribution >= 4 is 11.9 Å². The molecule has 5 nitrogen and oxygen atoms in total. The van der Waals surface area contributed by atoms with Crippen LogP contribution < -0.4 is 18.9 Å². The maximum Gasteiger partial charge on any atom is 0.231 e. The largest absolute Gasteiger partial charge is 0.497 e. The van der Waals surface area contributed by atoms with Gasteiger partial charge in [0.05, 0.1) is 26.9 Å². The van der Waals surface area contributed by atoms with Gasteiger partial charge in [-0.15, -0.1) is 0 Å². The lowest BCUT2D eigenvalue weighted by atomic mass is 10.1. The van der Waals surface area contributed by atoms with Gasteiger partial charge < -0.3 is 18.9 Å². The van der Waals surface area contributed by atoms with Crippen LogP contribution in [0.3, 0.4) is 0 Å². The van der Waals surface area contributed by atoms with Gasteiger partial charge in [-0.25, -0.2) is 0 Å². The molecule has 118 valence electrons. The highest BCUT2D eigenvalue weighted by atomic mass is 16.5. The minimum atomic E-state index is -0.166. The molecule has 0 aliphatic carbocycles. The van der Waals surface area contributed by atoms with Crippen LogP contribution in [-0.4, -0.2) is 27.1 Å². The highest BCUT2D eigenvalue weighted by Gasteiger charge is 2.28.